The lowest BCUT2D eigenvalue weighted by atomic mass is 10.1. The Kier molecular flexibility index (Phi) is 45.0. The first kappa shape index (κ1) is 55.9. The maximum Gasteiger partial charge on any atom is 0.306 e. The molecule has 59 heavy (non-hydrogen) atoms. The highest BCUT2D eigenvalue weighted by Gasteiger charge is 2.19. The van der Waals surface area contributed by atoms with Crippen molar-refractivity contribution < 1.29 is 28.6 Å². The number of carbonyl (C=O) groups excluding carboxylic acids is 3. The van der Waals surface area contributed by atoms with Crippen LogP contribution in [0.3, 0.4) is 0 Å². The van der Waals surface area contributed by atoms with Gasteiger partial charge in [-0.05, 0) is 96.3 Å². The van der Waals surface area contributed by atoms with Crippen molar-refractivity contribution in [1.29, 1.82) is 0 Å². The highest BCUT2D eigenvalue weighted by molar-refractivity contribution is 5.71. The average Bonchev–Trinajstić information content (AvgIpc) is 3.23. The van der Waals surface area contributed by atoms with Gasteiger partial charge in [0.25, 0.3) is 0 Å². The number of allylic oxidation sites excluding steroid dienone is 12. The molecule has 0 aromatic heterocycles. The lowest BCUT2D eigenvalue weighted by Gasteiger charge is -2.18. The molecule has 0 amide bonds. The monoisotopic (exact) mass is 823 g/mol. The Morgan fingerprint density at radius 1 is 0.339 bits per heavy atom. The average molecular weight is 823 g/mol. The van der Waals surface area contributed by atoms with Gasteiger partial charge in [-0.15, -0.1) is 0 Å². The van der Waals surface area contributed by atoms with E-state index in [-0.39, 0.29) is 37.5 Å². The Bertz CT molecular complexity index is 1130. The molecule has 0 heterocycles. The molecule has 0 aliphatic rings. The third-order valence-corrected chi connectivity index (χ3v) is 10.2. The zero-order chi connectivity index (χ0) is 43.0. The van der Waals surface area contributed by atoms with Crippen molar-refractivity contribution in [3.05, 3.63) is 72.9 Å². The van der Waals surface area contributed by atoms with E-state index < -0.39 is 6.10 Å². The summed E-state index contributed by atoms with van der Waals surface area (Å²) >= 11 is 0. The van der Waals surface area contributed by atoms with E-state index in [1.165, 1.54) is 89.9 Å². The van der Waals surface area contributed by atoms with Gasteiger partial charge in [-0.2, -0.15) is 0 Å². The van der Waals surface area contributed by atoms with Gasteiger partial charge < -0.3 is 14.2 Å². The maximum absolute atomic E-state index is 12.7. The molecular formula is C53H90O6. The predicted octanol–water partition coefficient (Wildman–Crippen LogP) is 15.9. The molecule has 0 aromatic rings. The third-order valence-electron chi connectivity index (χ3n) is 10.2. The number of hydrogen-bond acceptors (Lipinski definition) is 6. The number of esters is 3. The second-order valence-corrected chi connectivity index (χ2v) is 16.0. The van der Waals surface area contributed by atoms with Gasteiger partial charge in [0.1, 0.15) is 13.2 Å². The van der Waals surface area contributed by atoms with E-state index in [0.29, 0.717) is 19.3 Å². The first-order valence-electron chi connectivity index (χ1n) is 24.4. The quantitative estimate of drug-likeness (QED) is 0.0264. The van der Waals surface area contributed by atoms with Gasteiger partial charge in [0, 0.05) is 19.3 Å². The minimum absolute atomic E-state index is 0.0976. The molecule has 338 valence electrons. The van der Waals surface area contributed by atoms with E-state index in [4.69, 9.17) is 14.2 Å². The van der Waals surface area contributed by atoms with Crippen LogP contribution in [0.15, 0.2) is 72.9 Å². The lowest BCUT2D eigenvalue weighted by molar-refractivity contribution is -0.167. The number of carbonyl (C=O) groups is 3. The molecule has 0 unspecified atom stereocenters. The molecule has 6 nitrogen and oxygen atoms in total. The van der Waals surface area contributed by atoms with Crippen LogP contribution in [-0.4, -0.2) is 37.2 Å². The van der Waals surface area contributed by atoms with E-state index in [1.807, 2.05) is 0 Å². The van der Waals surface area contributed by atoms with Crippen LogP contribution in [0.1, 0.15) is 226 Å². The molecule has 0 aliphatic heterocycles. The Labute approximate surface area is 363 Å². The summed E-state index contributed by atoms with van der Waals surface area (Å²) in [6, 6.07) is 0. The lowest BCUT2D eigenvalue weighted by Crippen LogP contribution is -2.30. The minimum atomic E-state index is -0.801. The molecule has 0 fully saturated rings. The van der Waals surface area contributed by atoms with Crippen molar-refractivity contribution in [3.63, 3.8) is 0 Å². The second-order valence-electron chi connectivity index (χ2n) is 16.0. The maximum atomic E-state index is 12.7. The summed E-state index contributed by atoms with van der Waals surface area (Å²) in [6.07, 6.45) is 58.8. The summed E-state index contributed by atoms with van der Waals surface area (Å²) < 4.78 is 16.7. The molecule has 0 aromatic carbocycles. The summed E-state index contributed by atoms with van der Waals surface area (Å²) in [7, 11) is 0. The molecule has 1 atom stereocenters. The standard InChI is InChI=1S/C53H90O6/c1-4-7-10-13-16-19-21-23-25-26-28-29-31-34-37-40-43-46-52(55)58-49-50(48-57-51(54)45-42-39-36-33-18-15-12-9-6-3)59-53(56)47-44-41-38-35-32-30-27-24-22-20-17-14-11-8-5-2/h16-17,19-20,23-25,27-29,32,35,50H,4-15,18,21-22,26,30-31,33-34,36-49H2,1-3H3/b19-16-,20-17-,25-23-,27-24-,29-28-,35-32-/t50-/m1/s1. The summed E-state index contributed by atoms with van der Waals surface area (Å²) in [6.45, 7) is 6.50. The van der Waals surface area contributed by atoms with Crippen LogP contribution >= 0.6 is 0 Å². The highest BCUT2D eigenvalue weighted by atomic mass is 16.6. The number of ether oxygens (including phenoxy) is 3. The van der Waals surface area contributed by atoms with Crippen molar-refractivity contribution in [3.8, 4) is 0 Å². The van der Waals surface area contributed by atoms with Gasteiger partial charge in [-0.3, -0.25) is 14.4 Å². The summed E-state index contributed by atoms with van der Waals surface area (Å²) in [5, 5.41) is 0. The molecule has 0 bridgehead atoms. The van der Waals surface area contributed by atoms with E-state index in [9.17, 15) is 14.4 Å². The zero-order valence-corrected chi connectivity index (χ0v) is 38.5. The zero-order valence-electron chi connectivity index (χ0n) is 38.5. The molecular weight excluding hydrogens is 733 g/mol. The fourth-order valence-corrected chi connectivity index (χ4v) is 6.45. The fourth-order valence-electron chi connectivity index (χ4n) is 6.45. The summed E-state index contributed by atoms with van der Waals surface area (Å²) in [5.74, 6) is -0.964. The van der Waals surface area contributed by atoms with Crippen molar-refractivity contribution in [2.75, 3.05) is 13.2 Å². The molecule has 0 aliphatic carbocycles. The first-order valence-corrected chi connectivity index (χ1v) is 24.4. The normalized spacial score (nSPS) is 12.7. The molecule has 0 rings (SSSR count). The Morgan fingerprint density at radius 3 is 1.02 bits per heavy atom. The summed E-state index contributed by atoms with van der Waals surface area (Å²) in [4.78, 5) is 37.8. The van der Waals surface area contributed by atoms with Gasteiger partial charge >= 0.3 is 17.9 Å². The number of hydrogen-bond donors (Lipinski definition) is 0. The third kappa shape index (κ3) is 45.8. The van der Waals surface area contributed by atoms with E-state index in [2.05, 4.69) is 93.7 Å². The van der Waals surface area contributed by atoms with Crippen LogP contribution in [0.2, 0.25) is 0 Å². The minimum Gasteiger partial charge on any atom is -0.462 e. The van der Waals surface area contributed by atoms with E-state index >= 15 is 0 Å². The van der Waals surface area contributed by atoms with Crippen LogP contribution in [0.25, 0.3) is 0 Å². The largest absolute Gasteiger partial charge is 0.462 e. The second kappa shape index (κ2) is 47.5. The van der Waals surface area contributed by atoms with Gasteiger partial charge in [0.05, 0.1) is 0 Å². The molecule has 0 radical (unpaired) electrons. The van der Waals surface area contributed by atoms with Crippen LogP contribution in [-0.2, 0) is 28.6 Å². The Balaban J connectivity index is 4.45. The smallest absolute Gasteiger partial charge is 0.306 e. The summed E-state index contributed by atoms with van der Waals surface area (Å²) in [5.41, 5.74) is 0. The van der Waals surface area contributed by atoms with Crippen LogP contribution in [0.4, 0.5) is 0 Å². The van der Waals surface area contributed by atoms with Crippen molar-refractivity contribution in [1.82, 2.24) is 0 Å². The number of unbranched alkanes of at least 4 members (excludes halogenated alkanes) is 20. The van der Waals surface area contributed by atoms with E-state index in [1.54, 1.807) is 0 Å². The fraction of sp³-hybridized carbons (Fsp3) is 0.717. The predicted molar refractivity (Wildman–Crippen MR) is 251 cm³/mol. The van der Waals surface area contributed by atoms with Gasteiger partial charge in [0.2, 0.25) is 0 Å². The molecule has 0 N–H and O–H groups in total. The van der Waals surface area contributed by atoms with Crippen LogP contribution in [0.5, 0.6) is 0 Å². The van der Waals surface area contributed by atoms with Crippen molar-refractivity contribution in [2.24, 2.45) is 0 Å². The first-order chi connectivity index (χ1) is 29.0. The number of rotatable bonds is 43. The Morgan fingerprint density at radius 2 is 0.610 bits per heavy atom. The van der Waals surface area contributed by atoms with Gasteiger partial charge in [-0.1, -0.05) is 184 Å². The highest BCUT2D eigenvalue weighted by Crippen LogP contribution is 2.13. The van der Waals surface area contributed by atoms with E-state index in [0.717, 1.165) is 89.9 Å². The van der Waals surface area contributed by atoms with Crippen LogP contribution < -0.4 is 0 Å². The van der Waals surface area contributed by atoms with Gasteiger partial charge in [0.15, 0.2) is 6.10 Å². The topological polar surface area (TPSA) is 78.9 Å². The molecule has 0 saturated carbocycles. The van der Waals surface area contributed by atoms with Crippen LogP contribution in [0, 0.1) is 0 Å². The SMILES string of the molecule is CCCCC/C=C\C/C=C\C/C=C\CCCCCCC(=O)OC[C@@H](COC(=O)CCCCCCCCCCC)OC(=O)CCCC/C=C\C/C=C\C/C=C\CCCCC. The Hall–Kier alpha value is -3.15. The van der Waals surface area contributed by atoms with Crippen molar-refractivity contribution >= 4 is 17.9 Å². The van der Waals surface area contributed by atoms with Crippen molar-refractivity contribution in [2.45, 2.75) is 232 Å². The van der Waals surface area contributed by atoms with Gasteiger partial charge in [-0.25, -0.2) is 0 Å². The molecule has 0 spiro atoms. The molecule has 6 heteroatoms. The molecule has 0 saturated heterocycles.